The summed E-state index contributed by atoms with van der Waals surface area (Å²) in [7, 11) is 0. The number of fused-ring (bicyclic) bond motifs is 1. The minimum atomic E-state index is -4.90. The summed E-state index contributed by atoms with van der Waals surface area (Å²) in [4.78, 5) is 11.3. The molecule has 142 valence electrons. The van der Waals surface area contributed by atoms with Crippen LogP contribution in [0.25, 0.3) is 6.08 Å². The Kier molecular flexibility index (Phi) is 5.01. The molecule has 2 aromatic carbocycles. The second-order valence-corrected chi connectivity index (χ2v) is 6.58. The monoisotopic (exact) mass is 418 g/mol. The second kappa shape index (κ2) is 6.98. The fourth-order valence-corrected chi connectivity index (χ4v) is 3.01. The van der Waals surface area contributed by atoms with Crippen molar-refractivity contribution in [1.29, 1.82) is 0 Å². The predicted octanol–water partition coefficient (Wildman–Crippen LogP) is 5.89. The van der Waals surface area contributed by atoms with Gasteiger partial charge >= 0.3 is 12.1 Å². The van der Waals surface area contributed by atoms with E-state index in [9.17, 15) is 23.1 Å². The molecule has 3 rings (SSSR count). The number of rotatable bonds is 3. The molecular weight excluding hydrogens is 408 g/mol. The van der Waals surface area contributed by atoms with Crippen LogP contribution in [0.2, 0.25) is 10.0 Å². The van der Waals surface area contributed by atoms with Crippen LogP contribution in [0.5, 0.6) is 17.2 Å². The van der Waals surface area contributed by atoms with E-state index in [1.54, 1.807) is 18.2 Å². The van der Waals surface area contributed by atoms with Crippen molar-refractivity contribution in [2.24, 2.45) is 0 Å². The van der Waals surface area contributed by atoms with Crippen LogP contribution in [0.15, 0.2) is 35.9 Å². The number of aliphatic carboxylic acids is 1. The SMILES string of the molecule is Cc1ccc(Oc2c(Cl)ccc3c2C=C(C(=O)O)C(C(F)(F)F)O3)c(Cl)c1. The fraction of sp³-hybridized carbons (Fsp3) is 0.167. The van der Waals surface area contributed by atoms with Crippen molar-refractivity contribution in [2.45, 2.75) is 19.2 Å². The van der Waals surface area contributed by atoms with Gasteiger partial charge in [0.1, 0.15) is 11.5 Å². The lowest BCUT2D eigenvalue weighted by atomic mass is 10.0. The number of ether oxygens (including phenoxy) is 2. The molecule has 27 heavy (non-hydrogen) atoms. The van der Waals surface area contributed by atoms with Crippen molar-refractivity contribution in [3.8, 4) is 17.2 Å². The minimum absolute atomic E-state index is 0.0166. The highest BCUT2D eigenvalue weighted by Crippen LogP contribution is 2.46. The molecule has 1 aliphatic rings. The zero-order valence-corrected chi connectivity index (χ0v) is 15.1. The molecule has 1 aliphatic heterocycles. The first kappa shape index (κ1) is 19.4. The average molecular weight is 419 g/mol. The van der Waals surface area contributed by atoms with Gasteiger partial charge in [-0.15, -0.1) is 0 Å². The number of halogens is 5. The first-order valence-corrected chi connectivity index (χ1v) is 8.28. The Hall–Kier alpha value is -2.38. The number of carboxylic acids is 1. The van der Waals surface area contributed by atoms with Gasteiger partial charge < -0.3 is 14.6 Å². The van der Waals surface area contributed by atoms with Crippen molar-refractivity contribution in [3.05, 3.63) is 57.1 Å². The van der Waals surface area contributed by atoms with E-state index in [-0.39, 0.29) is 32.9 Å². The smallest absolute Gasteiger partial charge is 0.430 e. The fourth-order valence-electron chi connectivity index (χ4n) is 2.54. The first-order valence-electron chi connectivity index (χ1n) is 7.52. The van der Waals surface area contributed by atoms with Crippen LogP contribution >= 0.6 is 23.2 Å². The molecule has 9 heteroatoms. The quantitative estimate of drug-likeness (QED) is 0.675. The van der Waals surface area contributed by atoms with Crippen molar-refractivity contribution in [3.63, 3.8) is 0 Å². The molecule has 1 atom stereocenters. The van der Waals surface area contributed by atoms with Gasteiger partial charge in [0.15, 0.2) is 5.75 Å². The van der Waals surface area contributed by atoms with E-state index in [4.69, 9.17) is 32.7 Å². The zero-order valence-electron chi connectivity index (χ0n) is 13.6. The van der Waals surface area contributed by atoms with Gasteiger partial charge in [0, 0.05) is 0 Å². The van der Waals surface area contributed by atoms with E-state index < -0.39 is 23.8 Å². The van der Waals surface area contributed by atoms with Gasteiger partial charge in [-0.25, -0.2) is 4.79 Å². The molecule has 1 heterocycles. The van der Waals surface area contributed by atoms with Crippen molar-refractivity contribution < 1.29 is 32.5 Å². The number of hydrogen-bond acceptors (Lipinski definition) is 3. The molecule has 1 unspecified atom stereocenters. The topological polar surface area (TPSA) is 55.8 Å². The van der Waals surface area contributed by atoms with Crippen molar-refractivity contribution >= 4 is 35.2 Å². The van der Waals surface area contributed by atoms with E-state index in [1.807, 2.05) is 6.92 Å². The normalized spacial score (nSPS) is 16.2. The summed E-state index contributed by atoms with van der Waals surface area (Å²) in [5.41, 5.74) is -0.118. The summed E-state index contributed by atoms with van der Waals surface area (Å²) in [6, 6.07) is 7.44. The highest BCUT2D eigenvalue weighted by Gasteiger charge is 2.48. The van der Waals surface area contributed by atoms with Crippen LogP contribution in [0.4, 0.5) is 13.2 Å². The van der Waals surface area contributed by atoms with E-state index in [0.717, 1.165) is 11.6 Å². The molecule has 0 bridgehead atoms. The average Bonchev–Trinajstić information content (AvgIpc) is 2.57. The van der Waals surface area contributed by atoms with Crippen LogP contribution in [0.1, 0.15) is 11.1 Å². The van der Waals surface area contributed by atoms with E-state index in [2.05, 4.69) is 0 Å². The maximum Gasteiger partial charge on any atom is 0.430 e. The van der Waals surface area contributed by atoms with Gasteiger partial charge in [-0.1, -0.05) is 29.3 Å². The molecule has 0 spiro atoms. The standard InChI is InChI=1S/C18H11Cl2F3O4/c1-8-2-4-14(12(20)6-8)26-15-9-7-10(17(24)25)16(18(21,22)23)27-13(9)5-3-11(15)19/h2-7,16H,1H3,(H,24,25). The first-order chi connectivity index (χ1) is 12.6. The molecule has 0 saturated heterocycles. The number of hydrogen-bond donors (Lipinski definition) is 1. The third kappa shape index (κ3) is 3.84. The van der Waals surface area contributed by atoms with Crippen molar-refractivity contribution in [1.82, 2.24) is 0 Å². The van der Waals surface area contributed by atoms with Crippen LogP contribution < -0.4 is 9.47 Å². The number of aryl methyl sites for hydroxylation is 1. The zero-order chi connectivity index (χ0) is 19.9. The van der Waals surface area contributed by atoms with E-state index in [0.29, 0.717) is 0 Å². The lowest BCUT2D eigenvalue weighted by Gasteiger charge is -2.28. The Labute approximate surface area is 161 Å². The Bertz CT molecular complexity index is 954. The maximum atomic E-state index is 13.2. The Morgan fingerprint density at radius 3 is 2.48 bits per heavy atom. The predicted molar refractivity (Wildman–Crippen MR) is 93.8 cm³/mol. The van der Waals surface area contributed by atoms with E-state index in [1.165, 1.54) is 12.1 Å². The number of carbonyl (C=O) groups is 1. The van der Waals surface area contributed by atoms with Crippen LogP contribution in [0, 0.1) is 6.92 Å². The molecule has 0 fully saturated rings. The lowest BCUT2D eigenvalue weighted by Crippen LogP contribution is -2.40. The summed E-state index contributed by atoms with van der Waals surface area (Å²) >= 11 is 12.2. The minimum Gasteiger partial charge on any atom is -0.478 e. The molecular formula is C18H11Cl2F3O4. The maximum absolute atomic E-state index is 13.2. The van der Waals surface area contributed by atoms with Crippen molar-refractivity contribution in [2.75, 3.05) is 0 Å². The molecule has 0 aromatic heterocycles. The second-order valence-electron chi connectivity index (χ2n) is 5.77. The Morgan fingerprint density at radius 2 is 1.89 bits per heavy atom. The molecule has 0 amide bonds. The highest BCUT2D eigenvalue weighted by molar-refractivity contribution is 6.33. The molecule has 1 N–H and O–H groups in total. The number of benzene rings is 2. The molecule has 0 radical (unpaired) electrons. The van der Waals surface area contributed by atoms with E-state index >= 15 is 0 Å². The van der Waals surface area contributed by atoms with Crippen LogP contribution in [-0.2, 0) is 4.79 Å². The third-order valence-corrected chi connectivity index (χ3v) is 4.37. The van der Waals surface area contributed by atoms with Gasteiger partial charge in [-0.3, -0.25) is 0 Å². The van der Waals surface area contributed by atoms with Gasteiger partial charge in [0.25, 0.3) is 0 Å². The molecule has 4 nitrogen and oxygen atoms in total. The van der Waals surface area contributed by atoms with Gasteiger partial charge in [0.05, 0.1) is 21.2 Å². The number of carboxylic acid groups (broad SMARTS) is 1. The summed E-state index contributed by atoms with van der Waals surface area (Å²) in [5.74, 6) is -1.81. The highest BCUT2D eigenvalue weighted by atomic mass is 35.5. The summed E-state index contributed by atoms with van der Waals surface area (Å²) < 4.78 is 50.1. The largest absolute Gasteiger partial charge is 0.478 e. The Morgan fingerprint density at radius 1 is 1.19 bits per heavy atom. The van der Waals surface area contributed by atoms with Gasteiger partial charge in [0.2, 0.25) is 6.10 Å². The summed E-state index contributed by atoms with van der Waals surface area (Å²) in [5, 5.41) is 9.50. The molecule has 0 saturated carbocycles. The van der Waals surface area contributed by atoms with Gasteiger partial charge in [-0.2, -0.15) is 13.2 Å². The third-order valence-electron chi connectivity index (χ3n) is 3.78. The summed E-state index contributed by atoms with van der Waals surface area (Å²) in [6.45, 7) is 1.82. The molecule has 0 aliphatic carbocycles. The van der Waals surface area contributed by atoms with Crippen LogP contribution in [-0.4, -0.2) is 23.4 Å². The lowest BCUT2D eigenvalue weighted by molar-refractivity contribution is -0.187. The van der Waals surface area contributed by atoms with Crippen LogP contribution in [0.3, 0.4) is 0 Å². The Balaban J connectivity index is 2.12. The summed E-state index contributed by atoms with van der Waals surface area (Å²) in [6.07, 6.45) is -6.65. The van der Waals surface area contributed by atoms with Gasteiger partial charge in [-0.05, 0) is 42.8 Å². The molecule has 2 aromatic rings. The number of alkyl halides is 3.